The Balaban J connectivity index is 3.58. The Morgan fingerprint density at radius 2 is 1.95 bits per heavy atom. The van der Waals surface area contributed by atoms with Crippen LogP contribution in [-0.2, 0) is 9.05 Å². The third-order valence-corrected chi connectivity index (χ3v) is 2.98. The van der Waals surface area contributed by atoms with E-state index < -0.39 is 42.0 Å². The van der Waals surface area contributed by atoms with Gasteiger partial charge in [0.1, 0.15) is 0 Å². The molecule has 106 valence electrons. The molecular weight excluding hydrogens is 340 g/mol. The van der Waals surface area contributed by atoms with Gasteiger partial charge in [0.05, 0.1) is 11.1 Å². The molecule has 13 heteroatoms. The lowest BCUT2D eigenvalue weighted by Crippen LogP contribution is -2.19. The number of nitrogens with zero attached hydrogens (tertiary/aromatic N) is 2. The van der Waals surface area contributed by atoms with Crippen LogP contribution in [0.25, 0.3) is 0 Å². The van der Waals surface area contributed by atoms with E-state index in [0.29, 0.717) is 6.07 Å². The maximum absolute atomic E-state index is 12.1. The maximum Gasteiger partial charge on any atom is 0.573 e. The number of rotatable bonds is 3. The molecule has 19 heavy (non-hydrogen) atoms. The van der Waals surface area contributed by atoms with E-state index in [4.69, 9.17) is 22.3 Å². The molecule has 0 radical (unpaired) electrons. The molecule has 0 saturated heterocycles. The minimum absolute atomic E-state index is 0.397. The van der Waals surface area contributed by atoms with Gasteiger partial charge in [-0.1, -0.05) is 11.6 Å². The van der Waals surface area contributed by atoms with E-state index in [9.17, 15) is 31.7 Å². The van der Waals surface area contributed by atoms with Crippen molar-refractivity contribution in [3.8, 4) is 5.75 Å². The summed E-state index contributed by atoms with van der Waals surface area (Å²) in [5.41, 5.74) is 0. The van der Waals surface area contributed by atoms with Crippen molar-refractivity contribution in [2.24, 2.45) is 0 Å². The Morgan fingerprint density at radius 3 is 2.32 bits per heavy atom. The van der Waals surface area contributed by atoms with Gasteiger partial charge in [0, 0.05) is 10.7 Å². The summed E-state index contributed by atoms with van der Waals surface area (Å²) in [7, 11) is -0.0148. The number of alkyl halides is 3. The molecule has 1 heterocycles. The molecular formula is C6HCl2F3N2O5S. The predicted molar refractivity (Wildman–Crippen MR) is 55.6 cm³/mol. The Labute approximate surface area is 112 Å². The topological polar surface area (TPSA) is 99.4 Å². The van der Waals surface area contributed by atoms with E-state index in [1.54, 1.807) is 0 Å². The van der Waals surface area contributed by atoms with Gasteiger partial charge < -0.3 is 14.9 Å². The molecule has 0 atom stereocenters. The summed E-state index contributed by atoms with van der Waals surface area (Å²) in [6, 6.07) is 0.397. The second-order valence-corrected chi connectivity index (χ2v) is 5.73. The van der Waals surface area contributed by atoms with Gasteiger partial charge in [-0.05, 0) is 9.91 Å². The first kappa shape index (κ1) is 15.7. The standard InChI is InChI=1S/C6HCl2F3N2O5S/c7-2-1-3(13(14)15)12-5(19(8,16)17)4(2)18-6(9,10)11/h1H. The second-order valence-electron chi connectivity index (χ2n) is 2.84. The number of nitro groups is 1. The zero-order valence-corrected chi connectivity index (χ0v) is 10.6. The lowest BCUT2D eigenvalue weighted by molar-refractivity contribution is -0.390. The number of aromatic nitrogens is 1. The van der Waals surface area contributed by atoms with Crippen LogP contribution in [-0.4, -0.2) is 24.7 Å². The summed E-state index contributed by atoms with van der Waals surface area (Å²) in [5.74, 6) is -2.53. The highest BCUT2D eigenvalue weighted by Crippen LogP contribution is 2.38. The fourth-order valence-electron chi connectivity index (χ4n) is 0.935. The number of halogens is 5. The molecule has 0 saturated carbocycles. The van der Waals surface area contributed by atoms with E-state index in [1.807, 2.05) is 0 Å². The van der Waals surface area contributed by atoms with Crippen LogP contribution in [0.5, 0.6) is 5.75 Å². The lowest BCUT2D eigenvalue weighted by Gasteiger charge is -2.10. The minimum atomic E-state index is -5.28. The molecule has 0 amide bonds. The van der Waals surface area contributed by atoms with Crippen molar-refractivity contribution in [3.05, 3.63) is 21.2 Å². The van der Waals surface area contributed by atoms with Crippen molar-refractivity contribution in [3.63, 3.8) is 0 Å². The molecule has 0 aliphatic heterocycles. The van der Waals surface area contributed by atoms with Gasteiger partial charge >= 0.3 is 26.3 Å². The van der Waals surface area contributed by atoms with Crippen molar-refractivity contribution < 1.29 is 31.2 Å². The van der Waals surface area contributed by atoms with Crippen molar-refractivity contribution >= 4 is 37.2 Å². The van der Waals surface area contributed by atoms with Gasteiger partial charge in [-0.2, -0.15) is 0 Å². The Bertz CT molecular complexity index is 632. The molecule has 1 aromatic rings. The summed E-state index contributed by atoms with van der Waals surface area (Å²) < 4.78 is 61.6. The molecule has 1 rings (SSSR count). The lowest BCUT2D eigenvalue weighted by atomic mass is 10.4. The summed E-state index contributed by atoms with van der Waals surface area (Å²) in [6.45, 7) is 0. The summed E-state index contributed by atoms with van der Waals surface area (Å²) in [6.07, 6.45) is -5.28. The van der Waals surface area contributed by atoms with Gasteiger partial charge in [-0.25, -0.2) is 8.42 Å². The van der Waals surface area contributed by atoms with Gasteiger partial charge in [-0.15, -0.1) is 13.2 Å². The normalized spacial score (nSPS) is 12.3. The van der Waals surface area contributed by atoms with Crippen LogP contribution >= 0.6 is 22.3 Å². The molecule has 0 aliphatic carbocycles. The molecule has 1 aromatic heterocycles. The molecule has 0 fully saturated rings. The van der Waals surface area contributed by atoms with E-state index >= 15 is 0 Å². The molecule has 0 N–H and O–H groups in total. The predicted octanol–water partition coefficient (Wildman–Crippen LogP) is 2.47. The average molecular weight is 341 g/mol. The highest BCUT2D eigenvalue weighted by Gasteiger charge is 2.39. The number of hydrogen-bond acceptors (Lipinski definition) is 6. The zero-order chi connectivity index (χ0) is 15.0. The second kappa shape index (κ2) is 4.98. The first-order valence-corrected chi connectivity index (χ1v) is 6.66. The molecule has 7 nitrogen and oxygen atoms in total. The smallest absolute Gasteiger partial charge is 0.399 e. The Hall–Kier alpha value is -1.33. The first-order valence-electron chi connectivity index (χ1n) is 3.97. The molecule has 0 aliphatic rings. The molecule has 0 spiro atoms. The minimum Gasteiger partial charge on any atom is -0.399 e. The third kappa shape index (κ3) is 4.08. The van der Waals surface area contributed by atoms with Gasteiger partial charge in [0.15, 0.2) is 0 Å². The quantitative estimate of drug-likeness (QED) is 0.476. The average Bonchev–Trinajstić information content (AvgIpc) is 2.16. The van der Waals surface area contributed by atoms with E-state index in [-0.39, 0.29) is 0 Å². The van der Waals surface area contributed by atoms with Gasteiger partial charge in [0.25, 0.3) is 0 Å². The van der Waals surface area contributed by atoms with Crippen LogP contribution < -0.4 is 4.74 Å². The highest BCUT2D eigenvalue weighted by molar-refractivity contribution is 8.13. The van der Waals surface area contributed by atoms with Crippen molar-refractivity contribution in [1.82, 2.24) is 4.98 Å². The van der Waals surface area contributed by atoms with Crippen LogP contribution in [0.4, 0.5) is 19.0 Å². The maximum atomic E-state index is 12.1. The van der Waals surface area contributed by atoms with Crippen molar-refractivity contribution in [1.29, 1.82) is 0 Å². The fourth-order valence-corrected chi connectivity index (χ4v) is 2.11. The van der Waals surface area contributed by atoms with Crippen LogP contribution in [0.2, 0.25) is 5.02 Å². The number of ether oxygens (including phenoxy) is 1. The van der Waals surface area contributed by atoms with Crippen LogP contribution in [0.3, 0.4) is 0 Å². The monoisotopic (exact) mass is 340 g/mol. The third-order valence-electron chi connectivity index (χ3n) is 1.52. The Morgan fingerprint density at radius 1 is 1.42 bits per heavy atom. The molecule has 0 unspecified atom stereocenters. The summed E-state index contributed by atoms with van der Waals surface area (Å²) in [4.78, 5) is 12.1. The van der Waals surface area contributed by atoms with Crippen LogP contribution in [0.1, 0.15) is 0 Å². The number of pyridine rings is 1. The van der Waals surface area contributed by atoms with Gasteiger partial charge in [-0.3, -0.25) is 0 Å². The van der Waals surface area contributed by atoms with E-state index in [2.05, 4.69) is 9.72 Å². The van der Waals surface area contributed by atoms with E-state index in [1.165, 1.54) is 0 Å². The zero-order valence-electron chi connectivity index (χ0n) is 8.31. The van der Waals surface area contributed by atoms with E-state index in [0.717, 1.165) is 0 Å². The fraction of sp³-hybridized carbons (Fsp3) is 0.167. The van der Waals surface area contributed by atoms with Crippen LogP contribution in [0, 0.1) is 10.1 Å². The van der Waals surface area contributed by atoms with Crippen molar-refractivity contribution in [2.45, 2.75) is 11.4 Å². The van der Waals surface area contributed by atoms with Crippen LogP contribution in [0.15, 0.2) is 11.1 Å². The van der Waals surface area contributed by atoms with Crippen molar-refractivity contribution in [2.75, 3.05) is 0 Å². The molecule has 0 bridgehead atoms. The largest absolute Gasteiger partial charge is 0.573 e. The highest BCUT2D eigenvalue weighted by atomic mass is 35.7. The first-order chi connectivity index (χ1) is 8.42. The number of hydrogen-bond donors (Lipinski definition) is 0. The SMILES string of the molecule is O=[N+]([O-])c1cc(Cl)c(OC(F)(F)F)c(S(=O)(=O)Cl)n1. The summed E-state index contributed by atoms with van der Waals surface area (Å²) >= 11 is 5.30. The Kier molecular flexibility index (Phi) is 4.12. The molecule has 0 aromatic carbocycles. The summed E-state index contributed by atoms with van der Waals surface area (Å²) in [5, 5.41) is 7.94. The van der Waals surface area contributed by atoms with Gasteiger partial charge in [0.2, 0.25) is 5.75 Å².